The van der Waals surface area contributed by atoms with Gasteiger partial charge in [0.15, 0.2) is 5.78 Å². The van der Waals surface area contributed by atoms with E-state index in [0.29, 0.717) is 28.9 Å². The first-order valence-electron chi connectivity index (χ1n) is 16.1. The molecule has 1 aromatic heterocycles. The Morgan fingerprint density at radius 2 is 1.64 bits per heavy atom. The number of benzene rings is 4. The van der Waals surface area contributed by atoms with Gasteiger partial charge in [0.2, 0.25) is 0 Å². The highest BCUT2D eigenvalue weighted by molar-refractivity contribution is 6.02. The fraction of sp³-hybridized carbons (Fsp3) is 0.195. The van der Waals surface area contributed by atoms with Crippen molar-refractivity contribution in [1.29, 1.82) is 0 Å². The van der Waals surface area contributed by atoms with Gasteiger partial charge in [0.1, 0.15) is 51.6 Å². The van der Waals surface area contributed by atoms with E-state index in [-0.39, 0.29) is 63.4 Å². The van der Waals surface area contributed by atoms with Crippen molar-refractivity contribution < 1.29 is 44.6 Å². The van der Waals surface area contributed by atoms with Crippen LogP contribution in [0.5, 0.6) is 40.2 Å². The summed E-state index contributed by atoms with van der Waals surface area (Å²) >= 11 is 0. The van der Waals surface area contributed by atoms with Gasteiger partial charge in [-0.15, -0.1) is 0 Å². The topological polar surface area (TPSA) is 161 Å². The molecule has 1 aliphatic carbocycles. The van der Waals surface area contributed by atoms with Crippen LogP contribution in [0.25, 0.3) is 22.3 Å². The molecular formula is C41H38O9. The van der Waals surface area contributed by atoms with Crippen molar-refractivity contribution in [3.63, 3.8) is 0 Å². The first kappa shape index (κ1) is 33.8. The second kappa shape index (κ2) is 13.4. The Bertz CT molecular complexity index is 2200. The Hall–Kier alpha value is -6.09. The minimum Gasteiger partial charge on any atom is -0.508 e. The maximum absolute atomic E-state index is 14.9. The van der Waals surface area contributed by atoms with Crippen LogP contribution in [0.4, 0.5) is 0 Å². The van der Waals surface area contributed by atoms with E-state index in [9.17, 15) is 35.4 Å². The van der Waals surface area contributed by atoms with Gasteiger partial charge in [0.05, 0.1) is 11.8 Å². The van der Waals surface area contributed by atoms with Crippen molar-refractivity contribution in [2.24, 2.45) is 5.92 Å². The highest BCUT2D eigenvalue weighted by Gasteiger charge is 2.43. The lowest BCUT2D eigenvalue weighted by molar-refractivity contribution is 0.0876. The van der Waals surface area contributed by atoms with E-state index in [1.807, 2.05) is 32.9 Å². The van der Waals surface area contributed by atoms with Crippen LogP contribution < -0.4 is 4.74 Å². The van der Waals surface area contributed by atoms with Crippen LogP contribution in [0.3, 0.4) is 0 Å². The maximum atomic E-state index is 14.9. The predicted octanol–water partition coefficient (Wildman–Crippen LogP) is 9.08. The first-order chi connectivity index (χ1) is 23.9. The van der Waals surface area contributed by atoms with Gasteiger partial charge >= 0.3 is 0 Å². The number of ketones is 1. The number of hydrogen-bond acceptors (Lipinski definition) is 9. The normalized spacial score (nSPS) is 17.3. The number of carbonyl (C=O) groups is 1. The van der Waals surface area contributed by atoms with Crippen molar-refractivity contribution in [3.8, 4) is 51.6 Å². The molecule has 0 unspecified atom stereocenters. The zero-order chi connectivity index (χ0) is 35.9. The zero-order valence-corrected chi connectivity index (χ0v) is 27.8. The molecule has 0 spiro atoms. The Labute approximate surface area is 289 Å². The summed E-state index contributed by atoms with van der Waals surface area (Å²) in [4.78, 5) is 14.9. The Morgan fingerprint density at radius 3 is 2.36 bits per heavy atom. The van der Waals surface area contributed by atoms with E-state index in [2.05, 4.69) is 6.58 Å². The van der Waals surface area contributed by atoms with E-state index in [1.165, 1.54) is 42.7 Å². The summed E-state index contributed by atoms with van der Waals surface area (Å²) in [5.41, 5.74) is 3.57. The lowest BCUT2D eigenvalue weighted by Gasteiger charge is -2.37. The molecule has 0 bridgehead atoms. The average molecular weight is 675 g/mol. The third-order valence-electron chi connectivity index (χ3n) is 9.23. The summed E-state index contributed by atoms with van der Waals surface area (Å²) in [5.74, 6) is -3.47. The standard InChI is InChI=1S/C41H38O9/c1-5-49-37-18-24(35-17-23-7-8-26(43)20-36(23)50-35)16-34(46)39(37)31-15-22(4)14-30(27-11-9-25(42)19-33(27)45)38(31)41(48)29-12-13-32(44)28(40(29)47)10-6-21(2)3/h5-9,11-13,15-20,30-31,38,42-47H,1,10,14H2,2-4H3/t30-,31+,38-/m1/s1. The van der Waals surface area contributed by atoms with Gasteiger partial charge < -0.3 is 39.8 Å². The molecule has 9 heteroatoms. The molecule has 6 rings (SSSR count). The molecule has 0 amide bonds. The van der Waals surface area contributed by atoms with Crippen LogP contribution in [-0.4, -0.2) is 36.4 Å². The SMILES string of the molecule is C=COc1cc(-c2cc3ccc(O)cc3o2)cc(O)c1[C@H]1C=C(C)C[C@H](c2ccc(O)cc2O)[C@H]1C(=O)c1ccc(O)c(CC=C(C)C)c1O. The number of phenolic OH excluding ortho intramolecular Hbond substituents is 6. The number of hydrogen-bond donors (Lipinski definition) is 6. The monoisotopic (exact) mass is 674 g/mol. The molecule has 0 saturated carbocycles. The number of phenols is 6. The average Bonchev–Trinajstić information content (AvgIpc) is 3.47. The number of fused-ring (bicyclic) bond motifs is 1. The van der Waals surface area contributed by atoms with Gasteiger partial charge in [0, 0.05) is 52.0 Å². The molecule has 0 saturated heterocycles. The van der Waals surface area contributed by atoms with Crippen molar-refractivity contribution in [3.05, 3.63) is 125 Å². The Balaban J connectivity index is 1.55. The quantitative estimate of drug-likeness (QED) is 0.0509. The molecule has 4 aromatic carbocycles. The number of furan rings is 1. The molecule has 5 aromatic rings. The second-order valence-corrected chi connectivity index (χ2v) is 13.0. The molecule has 1 aliphatic rings. The molecule has 50 heavy (non-hydrogen) atoms. The summed E-state index contributed by atoms with van der Waals surface area (Å²) in [5, 5.41) is 65.7. The lowest BCUT2D eigenvalue weighted by Crippen LogP contribution is -2.32. The van der Waals surface area contributed by atoms with Crippen LogP contribution in [0.2, 0.25) is 0 Å². The Kier molecular flexibility index (Phi) is 9.08. The molecule has 6 N–H and O–H groups in total. The van der Waals surface area contributed by atoms with Gasteiger partial charge in [-0.25, -0.2) is 0 Å². The Morgan fingerprint density at radius 1 is 0.900 bits per heavy atom. The third-order valence-corrected chi connectivity index (χ3v) is 9.23. The number of ether oxygens (including phenoxy) is 1. The highest BCUT2D eigenvalue weighted by Crippen LogP contribution is 2.54. The summed E-state index contributed by atoms with van der Waals surface area (Å²) in [6.07, 6.45) is 5.44. The van der Waals surface area contributed by atoms with Crippen LogP contribution in [0, 0.1) is 5.92 Å². The van der Waals surface area contributed by atoms with Crippen molar-refractivity contribution in [1.82, 2.24) is 0 Å². The minimum absolute atomic E-state index is 0.0287. The molecule has 256 valence electrons. The number of Topliss-reactive ketones (excluding diaryl/α,β-unsaturated/α-hetero) is 1. The summed E-state index contributed by atoms with van der Waals surface area (Å²) < 4.78 is 11.9. The lowest BCUT2D eigenvalue weighted by atomic mass is 9.65. The molecular weight excluding hydrogens is 636 g/mol. The van der Waals surface area contributed by atoms with Gasteiger partial charge in [-0.2, -0.15) is 0 Å². The number of rotatable bonds is 9. The van der Waals surface area contributed by atoms with E-state index < -0.39 is 23.5 Å². The number of aromatic hydroxyl groups is 6. The van der Waals surface area contributed by atoms with Crippen molar-refractivity contribution in [2.45, 2.75) is 45.4 Å². The number of allylic oxidation sites excluding steroid dienone is 4. The van der Waals surface area contributed by atoms with Crippen LogP contribution in [-0.2, 0) is 6.42 Å². The highest BCUT2D eigenvalue weighted by atomic mass is 16.5. The van der Waals surface area contributed by atoms with Gasteiger partial charge in [-0.1, -0.05) is 35.9 Å². The molecule has 0 fully saturated rings. The smallest absolute Gasteiger partial charge is 0.171 e. The minimum atomic E-state index is -1.01. The second-order valence-electron chi connectivity index (χ2n) is 13.0. The van der Waals surface area contributed by atoms with Crippen molar-refractivity contribution >= 4 is 16.8 Å². The first-order valence-corrected chi connectivity index (χ1v) is 16.1. The van der Waals surface area contributed by atoms with Crippen LogP contribution in [0.15, 0.2) is 107 Å². The van der Waals surface area contributed by atoms with Crippen LogP contribution in [0.1, 0.15) is 66.1 Å². The molecule has 0 radical (unpaired) electrons. The van der Waals surface area contributed by atoms with Gasteiger partial charge in [-0.3, -0.25) is 4.79 Å². The molecule has 3 atom stereocenters. The maximum Gasteiger partial charge on any atom is 0.171 e. The summed E-state index contributed by atoms with van der Waals surface area (Å²) in [6, 6.07) is 16.6. The third kappa shape index (κ3) is 6.37. The van der Waals surface area contributed by atoms with E-state index in [4.69, 9.17) is 9.15 Å². The summed E-state index contributed by atoms with van der Waals surface area (Å²) in [7, 11) is 0. The van der Waals surface area contributed by atoms with E-state index in [0.717, 1.165) is 16.5 Å². The predicted molar refractivity (Wildman–Crippen MR) is 190 cm³/mol. The molecule has 0 aliphatic heterocycles. The summed E-state index contributed by atoms with van der Waals surface area (Å²) in [6.45, 7) is 9.38. The molecule has 9 nitrogen and oxygen atoms in total. The van der Waals surface area contributed by atoms with E-state index in [1.54, 1.807) is 30.3 Å². The van der Waals surface area contributed by atoms with Crippen LogP contribution >= 0.6 is 0 Å². The zero-order valence-electron chi connectivity index (χ0n) is 27.8. The largest absolute Gasteiger partial charge is 0.508 e. The number of carbonyl (C=O) groups excluding carboxylic acids is 1. The molecule has 1 heterocycles. The fourth-order valence-electron chi connectivity index (χ4n) is 6.91. The van der Waals surface area contributed by atoms with Crippen molar-refractivity contribution in [2.75, 3.05) is 0 Å². The van der Waals surface area contributed by atoms with Gasteiger partial charge in [-0.05, 0) is 87.7 Å². The van der Waals surface area contributed by atoms with E-state index >= 15 is 0 Å². The van der Waals surface area contributed by atoms with Gasteiger partial charge in [0.25, 0.3) is 0 Å². The fourth-order valence-corrected chi connectivity index (χ4v) is 6.91.